The third-order valence-electron chi connectivity index (χ3n) is 2.85. The molecule has 0 heterocycles. The van der Waals surface area contributed by atoms with E-state index in [1.165, 1.54) is 16.7 Å². The Morgan fingerprint density at radius 3 is 2.60 bits per heavy atom. The van der Waals surface area contributed by atoms with Crippen molar-refractivity contribution in [3.8, 4) is 0 Å². The van der Waals surface area contributed by atoms with Crippen molar-refractivity contribution in [2.75, 3.05) is 13.6 Å². The molecule has 2 nitrogen and oxygen atoms in total. The molecule has 1 rings (SSSR count). The van der Waals surface area contributed by atoms with Crippen LogP contribution in [0.1, 0.15) is 35.6 Å². The number of hydrogen-bond donors (Lipinski definition) is 2. The summed E-state index contributed by atoms with van der Waals surface area (Å²) in [7, 11) is 2.01. The summed E-state index contributed by atoms with van der Waals surface area (Å²) in [5.74, 6) is 0. The van der Waals surface area contributed by atoms with Crippen LogP contribution in [0.5, 0.6) is 0 Å². The molecule has 1 aromatic rings. The second-order valence-electron chi connectivity index (χ2n) is 4.13. The van der Waals surface area contributed by atoms with Crippen LogP contribution in [0, 0.1) is 13.8 Å². The monoisotopic (exact) mass is 206 g/mol. The van der Waals surface area contributed by atoms with Gasteiger partial charge in [-0.05, 0) is 51.4 Å². The predicted molar refractivity (Wildman–Crippen MR) is 66.0 cm³/mol. The Kier molecular flexibility index (Phi) is 4.79. The molecule has 0 aliphatic carbocycles. The van der Waals surface area contributed by atoms with Crippen LogP contribution in [0.25, 0.3) is 0 Å². The molecule has 0 saturated heterocycles. The average molecular weight is 206 g/mol. The van der Waals surface area contributed by atoms with E-state index in [1.54, 1.807) is 0 Å². The molecule has 84 valence electrons. The average Bonchev–Trinajstić information content (AvgIpc) is 2.21. The van der Waals surface area contributed by atoms with Crippen LogP contribution in [0.3, 0.4) is 0 Å². The SMILES string of the molecule is CNC(CCCN)c1ccc(C)cc1C. The highest BCUT2D eigenvalue weighted by Gasteiger charge is 2.10. The first-order chi connectivity index (χ1) is 7.19. The highest BCUT2D eigenvalue weighted by Crippen LogP contribution is 2.22. The fraction of sp³-hybridized carbons (Fsp3) is 0.538. The van der Waals surface area contributed by atoms with Crippen LogP contribution in [-0.4, -0.2) is 13.6 Å². The molecule has 1 atom stereocenters. The molecule has 0 saturated carbocycles. The van der Waals surface area contributed by atoms with Crippen LogP contribution in [0.15, 0.2) is 18.2 Å². The van der Waals surface area contributed by atoms with Gasteiger partial charge in [0.05, 0.1) is 0 Å². The molecule has 1 aromatic carbocycles. The fourth-order valence-corrected chi connectivity index (χ4v) is 1.99. The maximum absolute atomic E-state index is 5.54. The summed E-state index contributed by atoms with van der Waals surface area (Å²) in [6.45, 7) is 5.07. The van der Waals surface area contributed by atoms with Crippen molar-refractivity contribution in [2.45, 2.75) is 32.7 Å². The van der Waals surface area contributed by atoms with Crippen molar-refractivity contribution >= 4 is 0 Å². The molecule has 0 aliphatic rings. The van der Waals surface area contributed by atoms with Crippen molar-refractivity contribution in [3.05, 3.63) is 34.9 Å². The molecule has 0 bridgehead atoms. The first-order valence-electron chi connectivity index (χ1n) is 5.63. The van der Waals surface area contributed by atoms with Gasteiger partial charge in [0.2, 0.25) is 0 Å². The zero-order valence-electron chi connectivity index (χ0n) is 10.0. The maximum Gasteiger partial charge on any atom is 0.0320 e. The molecular formula is C13H22N2. The quantitative estimate of drug-likeness (QED) is 0.776. The summed E-state index contributed by atoms with van der Waals surface area (Å²) in [5.41, 5.74) is 9.63. The molecule has 0 aliphatic heterocycles. The van der Waals surface area contributed by atoms with Gasteiger partial charge in [0.25, 0.3) is 0 Å². The van der Waals surface area contributed by atoms with Crippen LogP contribution in [0.4, 0.5) is 0 Å². The maximum atomic E-state index is 5.54. The van der Waals surface area contributed by atoms with Gasteiger partial charge in [-0.1, -0.05) is 23.8 Å². The summed E-state index contributed by atoms with van der Waals surface area (Å²) >= 11 is 0. The molecule has 1 unspecified atom stereocenters. The smallest absolute Gasteiger partial charge is 0.0320 e. The minimum Gasteiger partial charge on any atom is -0.330 e. The van der Waals surface area contributed by atoms with Gasteiger partial charge in [0, 0.05) is 6.04 Å². The van der Waals surface area contributed by atoms with Crippen molar-refractivity contribution in [3.63, 3.8) is 0 Å². The van der Waals surface area contributed by atoms with Crippen LogP contribution in [-0.2, 0) is 0 Å². The van der Waals surface area contributed by atoms with Gasteiger partial charge in [-0.15, -0.1) is 0 Å². The zero-order valence-corrected chi connectivity index (χ0v) is 10.0. The van der Waals surface area contributed by atoms with E-state index >= 15 is 0 Å². The van der Waals surface area contributed by atoms with E-state index in [-0.39, 0.29) is 0 Å². The molecule has 15 heavy (non-hydrogen) atoms. The third kappa shape index (κ3) is 3.33. The molecule has 0 aromatic heterocycles. The van der Waals surface area contributed by atoms with Crippen molar-refractivity contribution < 1.29 is 0 Å². The van der Waals surface area contributed by atoms with E-state index in [4.69, 9.17) is 5.73 Å². The summed E-state index contributed by atoms with van der Waals surface area (Å²) < 4.78 is 0. The number of benzene rings is 1. The van der Waals surface area contributed by atoms with Gasteiger partial charge in [0.15, 0.2) is 0 Å². The zero-order chi connectivity index (χ0) is 11.3. The van der Waals surface area contributed by atoms with Gasteiger partial charge in [-0.25, -0.2) is 0 Å². The Morgan fingerprint density at radius 2 is 2.07 bits per heavy atom. The second kappa shape index (κ2) is 5.89. The van der Waals surface area contributed by atoms with Gasteiger partial charge in [-0.2, -0.15) is 0 Å². The molecule has 0 radical (unpaired) electrons. The van der Waals surface area contributed by atoms with Gasteiger partial charge < -0.3 is 11.1 Å². The summed E-state index contributed by atoms with van der Waals surface area (Å²) in [4.78, 5) is 0. The third-order valence-corrected chi connectivity index (χ3v) is 2.85. The minimum absolute atomic E-state index is 0.439. The molecular weight excluding hydrogens is 184 g/mol. The van der Waals surface area contributed by atoms with Crippen LogP contribution < -0.4 is 11.1 Å². The van der Waals surface area contributed by atoms with Crippen molar-refractivity contribution in [1.82, 2.24) is 5.32 Å². The molecule has 0 amide bonds. The largest absolute Gasteiger partial charge is 0.330 e. The first-order valence-corrected chi connectivity index (χ1v) is 5.63. The number of nitrogens with one attached hydrogen (secondary N) is 1. The van der Waals surface area contributed by atoms with E-state index in [0.29, 0.717) is 6.04 Å². The number of hydrogen-bond acceptors (Lipinski definition) is 2. The van der Waals surface area contributed by atoms with E-state index in [0.717, 1.165) is 19.4 Å². The van der Waals surface area contributed by atoms with Crippen LogP contribution >= 0.6 is 0 Å². The van der Waals surface area contributed by atoms with Gasteiger partial charge in [-0.3, -0.25) is 0 Å². The van der Waals surface area contributed by atoms with E-state index in [1.807, 2.05) is 7.05 Å². The predicted octanol–water partition coefficient (Wildman–Crippen LogP) is 2.30. The van der Waals surface area contributed by atoms with Crippen LogP contribution in [0.2, 0.25) is 0 Å². The highest BCUT2D eigenvalue weighted by molar-refractivity contribution is 5.32. The molecule has 0 fully saturated rings. The summed E-state index contributed by atoms with van der Waals surface area (Å²) in [6, 6.07) is 7.08. The Morgan fingerprint density at radius 1 is 1.33 bits per heavy atom. The lowest BCUT2D eigenvalue weighted by atomic mass is 9.96. The number of aryl methyl sites for hydroxylation is 2. The number of nitrogens with two attached hydrogens (primary N) is 1. The fourth-order valence-electron chi connectivity index (χ4n) is 1.99. The number of rotatable bonds is 5. The minimum atomic E-state index is 0.439. The summed E-state index contributed by atoms with van der Waals surface area (Å²) in [5, 5.41) is 3.36. The lowest BCUT2D eigenvalue weighted by Gasteiger charge is -2.18. The second-order valence-corrected chi connectivity index (χ2v) is 4.13. The lowest BCUT2D eigenvalue weighted by Crippen LogP contribution is -2.18. The van der Waals surface area contributed by atoms with E-state index < -0.39 is 0 Å². The Hall–Kier alpha value is -0.860. The first kappa shape index (κ1) is 12.2. The van der Waals surface area contributed by atoms with Crippen molar-refractivity contribution in [1.29, 1.82) is 0 Å². The standard InChI is InChI=1S/C13H22N2/c1-10-6-7-12(11(2)9-10)13(15-3)5-4-8-14/h6-7,9,13,15H,4-5,8,14H2,1-3H3. The van der Waals surface area contributed by atoms with Gasteiger partial charge >= 0.3 is 0 Å². The van der Waals surface area contributed by atoms with Gasteiger partial charge in [0.1, 0.15) is 0 Å². The Balaban J connectivity index is 2.81. The molecule has 0 spiro atoms. The normalized spacial score (nSPS) is 12.8. The lowest BCUT2D eigenvalue weighted by molar-refractivity contribution is 0.529. The Labute approximate surface area is 92.9 Å². The Bertz CT molecular complexity index is 307. The topological polar surface area (TPSA) is 38.0 Å². The molecule has 2 heteroatoms. The van der Waals surface area contributed by atoms with E-state index in [9.17, 15) is 0 Å². The summed E-state index contributed by atoms with van der Waals surface area (Å²) in [6.07, 6.45) is 2.18. The highest BCUT2D eigenvalue weighted by atomic mass is 14.9. The van der Waals surface area contributed by atoms with Crippen molar-refractivity contribution in [2.24, 2.45) is 5.73 Å². The van der Waals surface area contributed by atoms with E-state index in [2.05, 4.69) is 37.4 Å². The molecule has 3 N–H and O–H groups in total.